The standard InChI is InChI=1S/C19H21N3OS2/c1-13-3-2-4-14(9-13)21-18-17-12-25-11-16(17)15(10-20-18)19(23)22-5-7-24-8-6-22/h2-4,9-10H,5-8,11-12H2,1H3,(H,20,21). The van der Waals surface area contributed by atoms with Crippen molar-refractivity contribution in [3.8, 4) is 0 Å². The van der Waals surface area contributed by atoms with Crippen LogP contribution in [0.25, 0.3) is 0 Å². The predicted octanol–water partition coefficient (Wildman–Crippen LogP) is 4.07. The van der Waals surface area contributed by atoms with Gasteiger partial charge in [-0.3, -0.25) is 4.79 Å². The number of hydrogen-bond donors (Lipinski definition) is 1. The van der Waals surface area contributed by atoms with Crippen LogP contribution in [-0.2, 0) is 11.5 Å². The molecule has 0 unspecified atom stereocenters. The third kappa shape index (κ3) is 3.51. The fourth-order valence-electron chi connectivity index (χ4n) is 3.25. The van der Waals surface area contributed by atoms with Crippen LogP contribution in [0, 0.1) is 6.92 Å². The van der Waals surface area contributed by atoms with Gasteiger partial charge in [0.05, 0.1) is 5.56 Å². The van der Waals surface area contributed by atoms with E-state index < -0.39 is 0 Å². The van der Waals surface area contributed by atoms with E-state index in [0.29, 0.717) is 0 Å². The molecule has 2 aliphatic rings. The molecule has 130 valence electrons. The summed E-state index contributed by atoms with van der Waals surface area (Å²) in [5, 5.41) is 3.44. The SMILES string of the molecule is Cc1cccc(Nc2ncc(C(=O)N3CCSCC3)c3c2CSC3)c1. The van der Waals surface area contributed by atoms with Crippen molar-refractivity contribution < 1.29 is 4.79 Å². The zero-order valence-corrected chi connectivity index (χ0v) is 15.9. The lowest BCUT2D eigenvalue weighted by Gasteiger charge is -2.27. The summed E-state index contributed by atoms with van der Waals surface area (Å²) in [5.41, 5.74) is 5.40. The van der Waals surface area contributed by atoms with Gasteiger partial charge in [0.25, 0.3) is 5.91 Å². The maximum Gasteiger partial charge on any atom is 0.255 e. The van der Waals surface area contributed by atoms with Crippen LogP contribution in [0.5, 0.6) is 0 Å². The number of amides is 1. The summed E-state index contributed by atoms with van der Waals surface area (Å²) >= 11 is 3.77. The second-order valence-corrected chi connectivity index (χ2v) is 8.58. The molecule has 0 radical (unpaired) electrons. The molecule has 0 atom stereocenters. The molecule has 1 N–H and O–H groups in total. The number of nitrogens with one attached hydrogen (secondary N) is 1. The van der Waals surface area contributed by atoms with E-state index in [-0.39, 0.29) is 5.91 Å². The van der Waals surface area contributed by atoms with Crippen molar-refractivity contribution in [2.75, 3.05) is 29.9 Å². The van der Waals surface area contributed by atoms with Crippen LogP contribution in [0.1, 0.15) is 27.0 Å². The van der Waals surface area contributed by atoms with E-state index in [1.165, 1.54) is 16.7 Å². The zero-order valence-electron chi connectivity index (χ0n) is 14.2. The first-order valence-corrected chi connectivity index (χ1v) is 10.8. The van der Waals surface area contributed by atoms with Crippen molar-refractivity contribution in [2.24, 2.45) is 0 Å². The number of carbonyl (C=O) groups excluding carboxylic acids is 1. The minimum Gasteiger partial charge on any atom is -0.340 e. The van der Waals surface area contributed by atoms with Crippen LogP contribution in [0.15, 0.2) is 30.5 Å². The van der Waals surface area contributed by atoms with Crippen LogP contribution < -0.4 is 5.32 Å². The number of fused-ring (bicyclic) bond motifs is 1. The first-order valence-electron chi connectivity index (χ1n) is 8.51. The minimum atomic E-state index is 0.147. The minimum absolute atomic E-state index is 0.147. The quantitative estimate of drug-likeness (QED) is 0.881. The number of nitrogens with zero attached hydrogens (tertiary/aromatic N) is 2. The molecule has 1 aromatic carbocycles. The van der Waals surface area contributed by atoms with Gasteiger partial charge in [-0.1, -0.05) is 12.1 Å². The smallest absolute Gasteiger partial charge is 0.255 e. The number of aryl methyl sites for hydroxylation is 1. The molecule has 0 spiro atoms. The summed E-state index contributed by atoms with van der Waals surface area (Å²) in [7, 11) is 0. The summed E-state index contributed by atoms with van der Waals surface area (Å²) in [5.74, 6) is 4.90. The number of rotatable bonds is 3. The van der Waals surface area contributed by atoms with E-state index in [2.05, 4.69) is 29.4 Å². The Morgan fingerprint density at radius 1 is 1.16 bits per heavy atom. The molecule has 1 saturated heterocycles. The fourth-order valence-corrected chi connectivity index (χ4v) is 5.31. The second kappa shape index (κ2) is 7.30. The van der Waals surface area contributed by atoms with Gasteiger partial charge in [-0.25, -0.2) is 4.98 Å². The zero-order chi connectivity index (χ0) is 17.2. The lowest BCUT2D eigenvalue weighted by molar-refractivity contribution is 0.0771. The first kappa shape index (κ1) is 16.8. The topological polar surface area (TPSA) is 45.2 Å². The number of aromatic nitrogens is 1. The van der Waals surface area contributed by atoms with Crippen molar-refractivity contribution in [1.82, 2.24) is 9.88 Å². The van der Waals surface area contributed by atoms with Gasteiger partial charge >= 0.3 is 0 Å². The Morgan fingerprint density at radius 3 is 2.76 bits per heavy atom. The van der Waals surface area contributed by atoms with Crippen LogP contribution >= 0.6 is 23.5 Å². The van der Waals surface area contributed by atoms with Crippen molar-refractivity contribution in [3.63, 3.8) is 0 Å². The Bertz CT molecular complexity index is 803. The van der Waals surface area contributed by atoms with E-state index in [1.807, 2.05) is 40.6 Å². The summed E-state index contributed by atoms with van der Waals surface area (Å²) in [6.07, 6.45) is 1.77. The van der Waals surface area contributed by atoms with Crippen molar-refractivity contribution >= 4 is 40.9 Å². The van der Waals surface area contributed by atoms with Gasteiger partial charge in [0.1, 0.15) is 5.82 Å². The molecule has 4 nitrogen and oxygen atoms in total. The number of benzene rings is 1. The highest BCUT2D eigenvalue weighted by atomic mass is 32.2. The molecule has 2 aromatic rings. The van der Waals surface area contributed by atoms with Crippen LogP contribution in [-0.4, -0.2) is 40.4 Å². The summed E-state index contributed by atoms with van der Waals surface area (Å²) < 4.78 is 0. The number of anilines is 2. The van der Waals surface area contributed by atoms with E-state index in [0.717, 1.165) is 53.2 Å². The molecule has 0 saturated carbocycles. The third-order valence-corrected chi connectivity index (χ3v) is 6.53. The Morgan fingerprint density at radius 2 is 1.96 bits per heavy atom. The molecule has 3 heterocycles. The highest BCUT2D eigenvalue weighted by Gasteiger charge is 2.27. The van der Waals surface area contributed by atoms with E-state index in [9.17, 15) is 4.79 Å². The molecule has 0 bridgehead atoms. The number of carbonyl (C=O) groups is 1. The van der Waals surface area contributed by atoms with Crippen LogP contribution in [0.2, 0.25) is 0 Å². The Kier molecular flexibility index (Phi) is 4.90. The maximum atomic E-state index is 12.9. The van der Waals surface area contributed by atoms with Gasteiger partial charge in [0, 0.05) is 53.5 Å². The number of hydrogen-bond acceptors (Lipinski definition) is 5. The second-order valence-electron chi connectivity index (χ2n) is 6.37. The Balaban J connectivity index is 1.63. The molecule has 0 aliphatic carbocycles. The van der Waals surface area contributed by atoms with Crippen molar-refractivity contribution in [1.29, 1.82) is 0 Å². The van der Waals surface area contributed by atoms with E-state index >= 15 is 0 Å². The fraction of sp³-hybridized carbons (Fsp3) is 0.368. The summed E-state index contributed by atoms with van der Waals surface area (Å²) in [6.45, 7) is 3.76. The Hall–Kier alpha value is -1.66. The molecule has 25 heavy (non-hydrogen) atoms. The van der Waals surface area contributed by atoms with Gasteiger partial charge in [0.15, 0.2) is 0 Å². The maximum absolute atomic E-state index is 12.9. The lowest BCUT2D eigenvalue weighted by Crippen LogP contribution is -2.38. The molecule has 1 aromatic heterocycles. The molecular weight excluding hydrogens is 350 g/mol. The van der Waals surface area contributed by atoms with Gasteiger partial charge < -0.3 is 10.2 Å². The number of thioether (sulfide) groups is 2. The predicted molar refractivity (Wildman–Crippen MR) is 107 cm³/mol. The highest BCUT2D eigenvalue weighted by molar-refractivity contribution is 7.99. The molecule has 4 rings (SSSR count). The molecule has 6 heteroatoms. The van der Waals surface area contributed by atoms with Crippen LogP contribution in [0.3, 0.4) is 0 Å². The van der Waals surface area contributed by atoms with Crippen LogP contribution in [0.4, 0.5) is 11.5 Å². The molecular formula is C19H21N3OS2. The lowest BCUT2D eigenvalue weighted by atomic mass is 10.0. The first-order chi connectivity index (χ1) is 12.2. The van der Waals surface area contributed by atoms with Crippen molar-refractivity contribution in [2.45, 2.75) is 18.4 Å². The largest absolute Gasteiger partial charge is 0.340 e. The van der Waals surface area contributed by atoms with Gasteiger partial charge in [0.2, 0.25) is 0 Å². The number of pyridine rings is 1. The monoisotopic (exact) mass is 371 g/mol. The summed E-state index contributed by atoms with van der Waals surface area (Å²) in [6, 6.07) is 8.28. The van der Waals surface area contributed by atoms with Crippen molar-refractivity contribution in [3.05, 3.63) is 52.7 Å². The molecule has 2 aliphatic heterocycles. The molecule has 1 fully saturated rings. The normalized spacial score (nSPS) is 16.6. The van der Waals surface area contributed by atoms with Gasteiger partial charge in [-0.05, 0) is 30.2 Å². The summed E-state index contributed by atoms with van der Waals surface area (Å²) in [4.78, 5) is 19.5. The van der Waals surface area contributed by atoms with Gasteiger partial charge in [-0.2, -0.15) is 23.5 Å². The van der Waals surface area contributed by atoms with E-state index in [1.54, 1.807) is 6.20 Å². The average molecular weight is 372 g/mol. The van der Waals surface area contributed by atoms with E-state index in [4.69, 9.17) is 0 Å². The highest BCUT2D eigenvalue weighted by Crippen LogP contribution is 2.37. The average Bonchev–Trinajstić information content (AvgIpc) is 3.12. The molecule has 1 amide bonds. The Labute approximate surface area is 156 Å². The third-order valence-electron chi connectivity index (χ3n) is 4.60. The van der Waals surface area contributed by atoms with Gasteiger partial charge in [-0.15, -0.1) is 0 Å².